The Morgan fingerprint density at radius 3 is 2.51 bits per heavy atom. The van der Waals surface area contributed by atoms with Gasteiger partial charge < -0.3 is 18.6 Å². The van der Waals surface area contributed by atoms with Gasteiger partial charge in [-0.25, -0.2) is 4.98 Å². The van der Waals surface area contributed by atoms with Crippen LogP contribution in [0.15, 0.2) is 111 Å². The van der Waals surface area contributed by atoms with Gasteiger partial charge in [0.25, 0.3) is 5.56 Å². The van der Waals surface area contributed by atoms with Gasteiger partial charge in [0.2, 0.25) is 5.82 Å². The van der Waals surface area contributed by atoms with Crippen LogP contribution in [0.1, 0.15) is 18.1 Å². The van der Waals surface area contributed by atoms with Crippen LogP contribution in [-0.4, -0.2) is 29.6 Å². The number of rotatable bonds is 9. The third kappa shape index (κ3) is 5.27. The molecule has 0 aliphatic heterocycles. The second-order valence-corrected chi connectivity index (χ2v) is 9.21. The molecule has 0 aliphatic carbocycles. The van der Waals surface area contributed by atoms with Gasteiger partial charge in [0.1, 0.15) is 17.9 Å². The Labute approximate surface area is 236 Å². The van der Waals surface area contributed by atoms with E-state index in [9.17, 15) is 4.79 Å². The zero-order chi connectivity index (χ0) is 28.2. The lowest BCUT2D eigenvalue weighted by Gasteiger charge is -2.13. The van der Waals surface area contributed by atoms with Crippen molar-refractivity contribution in [3.8, 4) is 28.8 Å². The zero-order valence-electron chi connectivity index (χ0n) is 22.6. The van der Waals surface area contributed by atoms with Gasteiger partial charge >= 0.3 is 0 Å². The van der Waals surface area contributed by atoms with Crippen molar-refractivity contribution in [1.29, 1.82) is 0 Å². The van der Waals surface area contributed by atoms with E-state index < -0.39 is 0 Å². The predicted octanol–water partition coefficient (Wildman–Crippen LogP) is 6.68. The number of furan rings is 1. The average molecular weight is 546 g/mol. The SMILES string of the molecule is CCOc1cc(C=Nn2c(-c3cc4c(OC)cccc4o3)nc3ccccc3c2=O)ccc1OCc1ccccc1. The fraction of sp³-hybridized carbons (Fsp3) is 0.121. The summed E-state index contributed by atoms with van der Waals surface area (Å²) >= 11 is 0. The Kier molecular flexibility index (Phi) is 7.19. The number of methoxy groups -OCH3 is 1. The molecule has 0 unspecified atom stereocenters. The normalized spacial score (nSPS) is 11.4. The van der Waals surface area contributed by atoms with Crippen molar-refractivity contribution in [3.05, 3.63) is 119 Å². The Morgan fingerprint density at radius 2 is 1.68 bits per heavy atom. The topological polar surface area (TPSA) is 88.1 Å². The summed E-state index contributed by atoms with van der Waals surface area (Å²) in [4.78, 5) is 18.4. The molecule has 0 saturated carbocycles. The number of hydrogen-bond acceptors (Lipinski definition) is 7. The van der Waals surface area contributed by atoms with Gasteiger partial charge in [0, 0.05) is 0 Å². The summed E-state index contributed by atoms with van der Waals surface area (Å²) in [5.74, 6) is 2.53. The quantitative estimate of drug-likeness (QED) is 0.188. The molecule has 0 bridgehead atoms. The average Bonchev–Trinajstić information content (AvgIpc) is 3.45. The first-order valence-electron chi connectivity index (χ1n) is 13.2. The molecule has 0 N–H and O–H groups in total. The molecule has 204 valence electrons. The maximum Gasteiger partial charge on any atom is 0.282 e. The lowest BCUT2D eigenvalue weighted by molar-refractivity contribution is 0.269. The Bertz CT molecular complexity index is 1930. The summed E-state index contributed by atoms with van der Waals surface area (Å²) < 4.78 is 24.7. The molecule has 0 spiro atoms. The second kappa shape index (κ2) is 11.4. The van der Waals surface area contributed by atoms with Crippen LogP contribution in [-0.2, 0) is 6.61 Å². The molecule has 6 rings (SSSR count). The van der Waals surface area contributed by atoms with Crippen LogP contribution in [0.25, 0.3) is 33.5 Å². The van der Waals surface area contributed by atoms with E-state index >= 15 is 0 Å². The van der Waals surface area contributed by atoms with E-state index in [0.29, 0.717) is 52.7 Å². The standard InChI is InChI=1S/C33H27N3O5/c1-3-39-30-18-23(16-17-29(30)40-21-22-10-5-4-6-11-22)20-34-36-32(35-26-13-8-7-12-24(26)33(36)37)31-19-25-27(38-2)14-9-15-28(25)41-31/h4-20H,3,21H2,1-2H3. The van der Waals surface area contributed by atoms with Crippen molar-refractivity contribution in [1.82, 2.24) is 9.66 Å². The minimum atomic E-state index is -0.317. The van der Waals surface area contributed by atoms with Crippen LogP contribution in [0, 0.1) is 0 Å². The molecule has 4 aromatic carbocycles. The summed E-state index contributed by atoms with van der Waals surface area (Å²) in [6.45, 7) is 2.80. The number of hydrogen-bond donors (Lipinski definition) is 0. The molecule has 8 heteroatoms. The van der Waals surface area contributed by atoms with Gasteiger partial charge in [-0.2, -0.15) is 9.78 Å². The molecule has 2 aromatic heterocycles. The van der Waals surface area contributed by atoms with Gasteiger partial charge in [0.15, 0.2) is 17.3 Å². The van der Waals surface area contributed by atoms with Crippen LogP contribution in [0.4, 0.5) is 0 Å². The van der Waals surface area contributed by atoms with Crippen molar-refractivity contribution in [2.45, 2.75) is 13.5 Å². The molecule has 0 atom stereocenters. The van der Waals surface area contributed by atoms with Gasteiger partial charge in [0.05, 0.1) is 36.2 Å². The molecule has 8 nitrogen and oxygen atoms in total. The Hall–Kier alpha value is -5.37. The molecular formula is C33H27N3O5. The lowest BCUT2D eigenvalue weighted by atomic mass is 10.2. The highest BCUT2D eigenvalue weighted by molar-refractivity contribution is 5.88. The van der Waals surface area contributed by atoms with Crippen molar-refractivity contribution in [3.63, 3.8) is 0 Å². The van der Waals surface area contributed by atoms with E-state index in [1.165, 1.54) is 4.68 Å². The van der Waals surface area contributed by atoms with Crippen LogP contribution in [0.2, 0.25) is 0 Å². The number of aromatic nitrogens is 2. The molecule has 0 saturated heterocycles. The monoisotopic (exact) mass is 545 g/mol. The third-order valence-electron chi connectivity index (χ3n) is 6.54. The molecule has 0 fully saturated rings. The van der Waals surface area contributed by atoms with Crippen LogP contribution in [0.3, 0.4) is 0 Å². The highest BCUT2D eigenvalue weighted by Gasteiger charge is 2.18. The highest BCUT2D eigenvalue weighted by atomic mass is 16.5. The largest absolute Gasteiger partial charge is 0.496 e. The van der Waals surface area contributed by atoms with E-state index in [1.807, 2.05) is 85.8 Å². The molecule has 0 aliphatic rings. The zero-order valence-corrected chi connectivity index (χ0v) is 22.6. The van der Waals surface area contributed by atoms with Crippen molar-refractivity contribution in [2.75, 3.05) is 13.7 Å². The molecule has 0 amide bonds. The first-order valence-corrected chi connectivity index (χ1v) is 13.2. The highest BCUT2D eigenvalue weighted by Crippen LogP contribution is 2.33. The number of benzene rings is 4. The van der Waals surface area contributed by atoms with E-state index in [1.54, 1.807) is 31.5 Å². The van der Waals surface area contributed by atoms with Crippen molar-refractivity contribution >= 4 is 28.1 Å². The van der Waals surface area contributed by atoms with E-state index in [0.717, 1.165) is 16.5 Å². The summed E-state index contributed by atoms with van der Waals surface area (Å²) in [5.41, 5.74) is 2.62. The lowest BCUT2D eigenvalue weighted by Crippen LogP contribution is -2.20. The first kappa shape index (κ1) is 25.9. The van der Waals surface area contributed by atoms with E-state index in [-0.39, 0.29) is 11.4 Å². The number of fused-ring (bicyclic) bond motifs is 2. The van der Waals surface area contributed by atoms with E-state index in [4.69, 9.17) is 23.6 Å². The summed E-state index contributed by atoms with van der Waals surface area (Å²) in [6.07, 6.45) is 1.59. The van der Waals surface area contributed by atoms with Crippen LogP contribution >= 0.6 is 0 Å². The fourth-order valence-corrected chi connectivity index (χ4v) is 4.56. The Morgan fingerprint density at radius 1 is 0.854 bits per heavy atom. The smallest absolute Gasteiger partial charge is 0.282 e. The van der Waals surface area contributed by atoms with Crippen molar-refractivity contribution < 1.29 is 18.6 Å². The maximum atomic E-state index is 13.6. The third-order valence-corrected chi connectivity index (χ3v) is 6.54. The first-order chi connectivity index (χ1) is 20.1. The minimum Gasteiger partial charge on any atom is -0.496 e. The number of para-hydroxylation sites is 1. The van der Waals surface area contributed by atoms with Crippen LogP contribution < -0.4 is 19.8 Å². The second-order valence-electron chi connectivity index (χ2n) is 9.21. The Balaban J connectivity index is 1.40. The summed E-state index contributed by atoms with van der Waals surface area (Å²) in [5, 5.41) is 5.79. The van der Waals surface area contributed by atoms with Gasteiger partial charge in [-0.05, 0) is 66.6 Å². The van der Waals surface area contributed by atoms with Gasteiger partial charge in [-0.15, -0.1) is 0 Å². The molecule has 41 heavy (non-hydrogen) atoms. The summed E-state index contributed by atoms with van der Waals surface area (Å²) in [7, 11) is 1.60. The molecular weight excluding hydrogens is 518 g/mol. The molecule has 6 aromatic rings. The predicted molar refractivity (Wildman–Crippen MR) is 159 cm³/mol. The molecule has 0 radical (unpaired) electrons. The number of ether oxygens (including phenoxy) is 3. The van der Waals surface area contributed by atoms with Crippen LogP contribution in [0.5, 0.6) is 17.2 Å². The van der Waals surface area contributed by atoms with Gasteiger partial charge in [-0.3, -0.25) is 4.79 Å². The van der Waals surface area contributed by atoms with Crippen molar-refractivity contribution in [2.24, 2.45) is 5.10 Å². The van der Waals surface area contributed by atoms with Gasteiger partial charge in [-0.1, -0.05) is 48.5 Å². The minimum absolute atomic E-state index is 0.274. The number of nitrogens with zero attached hydrogens (tertiary/aromatic N) is 3. The summed E-state index contributed by atoms with van der Waals surface area (Å²) in [6, 6.07) is 30.0. The molecule has 2 heterocycles. The maximum absolute atomic E-state index is 13.6. The fourth-order valence-electron chi connectivity index (χ4n) is 4.56. The van der Waals surface area contributed by atoms with E-state index in [2.05, 4.69) is 5.10 Å².